The second-order valence-corrected chi connectivity index (χ2v) is 6.18. The summed E-state index contributed by atoms with van der Waals surface area (Å²) in [5.74, 6) is 1.35. The minimum Gasteiger partial charge on any atom is -0.482 e. The zero-order chi connectivity index (χ0) is 16.7. The average molecular weight is 327 g/mol. The lowest BCUT2D eigenvalue weighted by molar-refractivity contribution is -0.118. The van der Waals surface area contributed by atoms with E-state index in [9.17, 15) is 9.59 Å². The number of rotatable bonds is 4. The average Bonchev–Trinajstić information content (AvgIpc) is 3.30. The van der Waals surface area contributed by atoms with E-state index in [2.05, 4.69) is 15.8 Å². The maximum Gasteiger partial charge on any atom is 0.273 e. The van der Waals surface area contributed by atoms with Crippen molar-refractivity contribution in [2.24, 2.45) is 0 Å². The Morgan fingerprint density at radius 2 is 2.21 bits per heavy atom. The molecule has 1 atom stereocenters. The molecule has 1 aliphatic carbocycles. The van der Waals surface area contributed by atoms with E-state index in [1.54, 1.807) is 18.2 Å². The van der Waals surface area contributed by atoms with Gasteiger partial charge in [0.2, 0.25) is 0 Å². The Morgan fingerprint density at radius 1 is 1.38 bits per heavy atom. The van der Waals surface area contributed by atoms with E-state index in [1.807, 2.05) is 13.0 Å². The highest BCUT2D eigenvalue weighted by molar-refractivity contribution is 5.95. The van der Waals surface area contributed by atoms with Crippen molar-refractivity contribution in [2.75, 3.05) is 11.9 Å². The van der Waals surface area contributed by atoms with E-state index in [-0.39, 0.29) is 24.5 Å². The third-order valence-electron chi connectivity index (χ3n) is 4.22. The molecule has 1 aromatic heterocycles. The summed E-state index contributed by atoms with van der Waals surface area (Å²) in [6, 6.07) is 6.91. The third kappa shape index (κ3) is 2.84. The lowest BCUT2D eigenvalue weighted by atomic mass is 10.1. The van der Waals surface area contributed by atoms with Crippen LogP contribution in [0.25, 0.3) is 0 Å². The standard InChI is InChI=1S/C17H17N3O4/c1-9(11-4-5-14-12(6-11)19-16(21)8-23-14)18-17(22)13-7-15(24-20-13)10-2-3-10/h4-7,9-10H,2-3,8H2,1H3,(H,18,22)(H,19,21)/t9-/m1/s1. The van der Waals surface area contributed by atoms with Gasteiger partial charge in [-0.3, -0.25) is 9.59 Å². The van der Waals surface area contributed by atoms with Crippen LogP contribution in [0.3, 0.4) is 0 Å². The van der Waals surface area contributed by atoms with Crippen LogP contribution < -0.4 is 15.4 Å². The van der Waals surface area contributed by atoms with Crippen molar-refractivity contribution < 1.29 is 18.8 Å². The van der Waals surface area contributed by atoms with E-state index in [4.69, 9.17) is 9.26 Å². The molecule has 0 radical (unpaired) electrons. The molecule has 1 fully saturated rings. The number of amides is 2. The predicted octanol–water partition coefficient (Wildman–Crippen LogP) is 2.37. The molecule has 24 heavy (non-hydrogen) atoms. The van der Waals surface area contributed by atoms with E-state index in [0.717, 1.165) is 24.2 Å². The number of fused-ring (bicyclic) bond motifs is 1. The lowest BCUT2D eigenvalue weighted by Gasteiger charge is -2.20. The number of anilines is 1. The second kappa shape index (κ2) is 5.67. The summed E-state index contributed by atoms with van der Waals surface area (Å²) in [6.45, 7) is 1.89. The van der Waals surface area contributed by atoms with Crippen molar-refractivity contribution in [3.63, 3.8) is 0 Å². The Bertz CT molecular complexity index is 810. The van der Waals surface area contributed by atoms with Crippen LogP contribution in [0.4, 0.5) is 5.69 Å². The number of carbonyl (C=O) groups excluding carboxylic acids is 2. The summed E-state index contributed by atoms with van der Waals surface area (Å²) in [6.07, 6.45) is 2.19. The Kier molecular flexibility index (Phi) is 3.48. The van der Waals surface area contributed by atoms with Crippen LogP contribution in [-0.4, -0.2) is 23.6 Å². The molecule has 2 aromatic rings. The number of aromatic nitrogens is 1. The maximum absolute atomic E-state index is 12.3. The maximum atomic E-state index is 12.3. The molecular weight excluding hydrogens is 310 g/mol. The van der Waals surface area contributed by atoms with Gasteiger partial charge in [0.1, 0.15) is 11.5 Å². The van der Waals surface area contributed by atoms with Crippen molar-refractivity contribution in [2.45, 2.75) is 31.7 Å². The fraction of sp³-hybridized carbons (Fsp3) is 0.353. The van der Waals surface area contributed by atoms with Crippen molar-refractivity contribution in [1.29, 1.82) is 0 Å². The Labute approximate surface area is 138 Å². The molecule has 1 saturated carbocycles. The molecule has 2 amide bonds. The zero-order valence-corrected chi connectivity index (χ0v) is 13.2. The molecule has 1 aromatic carbocycles. The number of benzene rings is 1. The van der Waals surface area contributed by atoms with Crippen LogP contribution in [-0.2, 0) is 4.79 Å². The molecule has 0 bridgehead atoms. The number of hydrogen-bond donors (Lipinski definition) is 2. The van der Waals surface area contributed by atoms with Gasteiger partial charge in [-0.15, -0.1) is 0 Å². The highest BCUT2D eigenvalue weighted by Gasteiger charge is 2.29. The quantitative estimate of drug-likeness (QED) is 0.899. The molecule has 7 nitrogen and oxygen atoms in total. The van der Waals surface area contributed by atoms with Crippen molar-refractivity contribution in [3.8, 4) is 5.75 Å². The van der Waals surface area contributed by atoms with E-state index in [1.165, 1.54) is 0 Å². The molecule has 4 rings (SSSR count). The lowest BCUT2D eigenvalue weighted by Crippen LogP contribution is -2.28. The number of carbonyl (C=O) groups is 2. The summed E-state index contributed by atoms with van der Waals surface area (Å²) in [5.41, 5.74) is 1.76. The fourth-order valence-corrected chi connectivity index (χ4v) is 2.68. The molecule has 124 valence electrons. The summed E-state index contributed by atoms with van der Waals surface area (Å²) >= 11 is 0. The van der Waals surface area contributed by atoms with Gasteiger partial charge in [0, 0.05) is 12.0 Å². The summed E-state index contributed by atoms with van der Waals surface area (Å²) in [5, 5.41) is 9.49. The Morgan fingerprint density at radius 3 is 3.00 bits per heavy atom. The summed E-state index contributed by atoms with van der Waals surface area (Å²) in [7, 11) is 0. The molecule has 7 heteroatoms. The topological polar surface area (TPSA) is 93.5 Å². The molecule has 2 N–H and O–H groups in total. The number of ether oxygens (including phenoxy) is 1. The molecule has 0 saturated heterocycles. The molecule has 0 spiro atoms. The first-order valence-corrected chi connectivity index (χ1v) is 7.94. The normalized spacial score (nSPS) is 17.5. The van der Waals surface area contributed by atoms with Gasteiger partial charge in [0.25, 0.3) is 11.8 Å². The van der Waals surface area contributed by atoms with Gasteiger partial charge in [0.05, 0.1) is 11.7 Å². The first-order chi connectivity index (χ1) is 11.6. The van der Waals surface area contributed by atoms with Gasteiger partial charge < -0.3 is 19.9 Å². The van der Waals surface area contributed by atoms with Gasteiger partial charge >= 0.3 is 0 Å². The van der Waals surface area contributed by atoms with E-state index < -0.39 is 0 Å². The van der Waals surface area contributed by atoms with Crippen molar-refractivity contribution >= 4 is 17.5 Å². The third-order valence-corrected chi connectivity index (χ3v) is 4.22. The van der Waals surface area contributed by atoms with Crippen LogP contribution in [0, 0.1) is 0 Å². The minimum absolute atomic E-state index is 0.0219. The van der Waals surface area contributed by atoms with Crippen LogP contribution in [0.5, 0.6) is 5.75 Å². The monoisotopic (exact) mass is 327 g/mol. The number of nitrogens with zero attached hydrogens (tertiary/aromatic N) is 1. The molecule has 2 aliphatic rings. The van der Waals surface area contributed by atoms with E-state index >= 15 is 0 Å². The van der Waals surface area contributed by atoms with Gasteiger partial charge in [-0.1, -0.05) is 11.2 Å². The Hall–Kier alpha value is -2.83. The minimum atomic E-state index is -0.281. The molecular formula is C17H17N3O4. The highest BCUT2D eigenvalue weighted by atomic mass is 16.5. The first kappa shape index (κ1) is 14.7. The molecule has 1 aliphatic heterocycles. The highest BCUT2D eigenvalue weighted by Crippen LogP contribution is 2.40. The van der Waals surface area contributed by atoms with Crippen LogP contribution in [0.2, 0.25) is 0 Å². The molecule has 0 unspecified atom stereocenters. The smallest absolute Gasteiger partial charge is 0.273 e. The predicted molar refractivity (Wildman–Crippen MR) is 84.9 cm³/mol. The fourth-order valence-electron chi connectivity index (χ4n) is 2.68. The number of nitrogens with one attached hydrogen (secondary N) is 2. The van der Waals surface area contributed by atoms with Crippen LogP contribution in [0.15, 0.2) is 28.8 Å². The Balaban J connectivity index is 1.46. The first-order valence-electron chi connectivity index (χ1n) is 7.94. The van der Waals surface area contributed by atoms with Gasteiger partial charge in [-0.25, -0.2) is 0 Å². The largest absolute Gasteiger partial charge is 0.482 e. The van der Waals surface area contributed by atoms with Crippen LogP contribution in [0.1, 0.15) is 53.5 Å². The number of hydrogen-bond acceptors (Lipinski definition) is 5. The zero-order valence-electron chi connectivity index (χ0n) is 13.2. The summed E-state index contributed by atoms with van der Waals surface area (Å²) < 4.78 is 10.5. The second-order valence-electron chi connectivity index (χ2n) is 6.18. The summed E-state index contributed by atoms with van der Waals surface area (Å²) in [4.78, 5) is 23.7. The van der Waals surface area contributed by atoms with Gasteiger partial charge in [-0.05, 0) is 37.5 Å². The van der Waals surface area contributed by atoms with Crippen molar-refractivity contribution in [1.82, 2.24) is 10.5 Å². The SMILES string of the molecule is C[C@@H](NC(=O)c1cc(C2CC2)on1)c1ccc2c(c1)NC(=O)CO2. The van der Waals surface area contributed by atoms with E-state index in [0.29, 0.717) is 23.0 Å². The van der Waals surface area contributed by atoms with Gasteiger partial charge in [0.15, 0.2) is 12.3 Å². The van der Waals surface area contributed by atoms with Gasteiger partial charge in [-0.2, -0.15) is 0 Å². The van der Waals surface area contributed by atoms with Crippen LogP contribution >= 0.6 is 0 Å². The molecule has 2 heterocycles. The van der Waals surface area contributed by atoms with Crippen molar-refractivity contribution in [3.05, 3.63) is 41.3 Å².